The van der Waals surface area contributed by atoms with Crippen molar-refractivity contribution >= 4 is 16.7 Å². The number of piperidine rings is 1. The summed E-state index contributed by atoms with van der Waals surface area (Å²) < 4.78 is 33.3. The van der Waals surface area contributed by atoms with Gasteiger partial charge in [-0.05, 0) is 29.9 Å². The first-order valence-corrected chi connectivity index (χ1v) is 11.2. The van der Waals surface area contributed by atoms with Crippen molar-refractivity contribution in [1.29, 1.82) is 0 Å². The van der Waals surface area contributed by atoms with Crippen LogP contribution in [-0.4, -0.2) is 59.2 Å². The van der Waals surface area contributed by atoms with Gasteiger partial charge in [-0.3, -0.25) is 9.69 Å². The molecule has 0 radical (unpaired) electrons. The van der Waals surface area contributed by atoms with E-state index in [1.807, 2.05) is 35.2 Å². The monoisotopic (exact) mass is 430 g/mol. The maximum Gasteiger partial charge on any atom is 0.260 e. The number of hydrogen-bond donors (Lipinski definition) is 1. The third kappa shape index (κ3) is 3.78. The fourth-order valence-electron chi connectivity index (χ4n) is 5.38. The SMILES string of the molecule is O=C1c2cc(CN3CCC(F)(F)CC3)c3ccccc3c2OCN1C1CCCC1CO. The Morgan fingerprint density at radius 3 is 2.61 bits per heavy atom. The highest BCUT2D eigenvalue weighted by atomic mass is 19.3. The minimum atomic E-state index is -2.58. The zero-order chi connectivity index (χ0) is 21.6. The summed E-state index contributed by atoms with van der Waals surface area (Å²) in [6.45, 7) is 1.48. The first-order valence-electron chi connectivity index (χ1n) is 11.2. The number of carbonyl (C=O) groups is 1. The predicted octanol–water partition coefficient (Wildman–Crippen LogP) is 4.02. The van der Waals surface area contributed by atoms with E-state index >= 15 is 0 Å². The number of benzene rings is 2. The quantitative estimate of drug-likeness (QED) is 0.796. The van der Waals surface area contributed by atoms with Crippen molar-refractivity contribution in [3.8, 4) is 5.75 Å². The third-order valence-corrected chi connectivity index (χ3v) is 7.16. The van der Waals surface area contributed by atoms with E-state index in [9.17, 15) is 18.7 Å². The first kappa shape index (κ1) is 20.6. The van der Waals surface area contributed by atoms with E-state index in [1.54, 1.807) is 4.90 Å². The van der Waals surface area contributed by atoms with Crippen molar-refractivity contribution in [2.24, 2.45) is 5.92 Å². The summed E-state index contributed by atoms with van der Waals surface area (Å²) in [5.74, 6) is -1.96. The van der Waals surface area contributed by atoms with Gasteiger partial charge in [-0.1, -0.05) is 30.7 Å². The van der Waals surface area contributed by atoms with Crippen LogP contribution < -0.4 is 4.74 Å². The molecule has 5 rings (SSSR count). The van der Waals surface area contributed by atoms with Crippen LogP contribution in [0.25, 0.3) is 10.8 Å². The van der Waals surface area contributed by atoms with Crippen molar-refractivity contribution in [1.82, 2.24) is 9.80 Å². The number of nitrogens with zero attached hydrogens (tertiary/aromatic N) is 2. The molecule has 1 amide bonds. The van der Waals surface area contributed by atoms with Gasteiger partial charge in [-0.15, -0.1) is 0 Å². The van der Waals surface area contributed by atoms with E-state index in [1.165, 1.54) is 0 Å². The number of amides is 1. The lowest BCUT2D eigenvalue weighted by Crippen LogP contribution is -2.47. The number of aliphatic hydroxyl groups is 1. The van der Waals surface area contributed by atoms with Crippen LogP contribution in [0, 0.1) is 5.92 Å². The number of hydrogen-bond acceptors (Lipinski definition) is 4. The van der Waals surface area contributed by atoms with Gasteiger partial charge in [-0.25, -0.2) is 8.78 Å². The lowest BCUT2D eigenvalue weighted by molar-refractivity contribution is -0.0565. The Bertz CT molecular complexity index is 986. The molecule has 166 valence electrons. The number of aliphatic hydroxyl groups excluding tert-OH is 1. The van der Waals surface area contributed by atoms with E-state index in [4.69, 9.17) is 4.74 Å². The highest BCUT2D eigenvalue weighted by Crippen LogP contribution is 2.40. The number of ether oxygens (including phenoxy) is 1. The molecule has 0 spiro atoms. The zero-order valence-electron chi connectivity index (χ0n) is 17.5. The average molecular weight is 430 g/mol. The summed E-state index contributed by atoms with van der Waals surface area (Å²) in [4.78, 5) is 17.3. The summed E-state index contributed by atoms with van der Waals surface area (Å²) >= 11 is 0. The van der Waals surface area contributed by atoms with Crippen LogP contribution >= 0.6 is 0 Å². The normalized spacial score (nSPS) is 26.2. The van der Waals surface area contributed by atoms with E-state index < -0.39 is 5.92 Å². The molecule has 7 heteroatoms. The minimum absolute atomic E-state index is 0.00936. The molecule has 1 aliphatic carbocycles. The summed E-state index contributed by atoms with van der Waals surface area (Å²) in [5.41, 5.74) is 1.49. The van der Waals surface area contributed by atoms with Gasteiger partial charge in [0, 0.05) is 56.4 Å². The largest absolute Gasteiger partial charge is 0.472 e. The molecule has 2 aliphatic heterocycles. The van der Waals surface area contributed by atoms with E-state index in [0.29, 0.717) is 30.9 Å². The van der Waals surface area contributed by atoms with Gasteiger partial charge in [0.15, 0.2) is 6.73 Å². The van der Waals surface area contributed by atoms with Crippen molar-refractivity contribution in [2.45, 2.75) is 50.6 Å². The molecule has 2 aromatic carbocycles. The average Bonchev–Trinajstić information content (AvgIpc) is 3.24. The van der Waals surface area contributed by atoms with Crippen molar-refractivity contribution in [3.63, 3.8) is 0 Å². The summed E-state index contributed by atoms with van der Waals surface area (Å²) in [6, 6.07) is 9.71. The van der Waals surface area contributed by atoms with Gasteiger partial charge >= 0.3 is 0 Å². The van der Waals surface area contributed by atoms with E-state index in [0.717, 1.165) is 35.6 Å². The molecule has 1 saturated heterocycles. The van der Waals surface area contributed by atoms with Gasteiger partial charge < -0.3 is 14.7 Å². The van der Waals surface area contributed by atoms with Crippen LogP contribution in [0.4, 0.5) is 8.78 Å². The highest BCUT2D eigenvalue weighted by molar-refractivity contribution is 6.05. The molecule has 5 nitrogen and oxygen atoms in total. The molecule has 2 aromatic rings. The molecule has 3 aliphatic rings. The standard InChI is InChI=1S/C24H28F2N2O3/c25-24(26)8-10-27(11-9-24)13-17-12-20-22(19-6-2-1-5-18(17)19)31-15-28(23(20)30)21-7-3-4-16(21)14-29/h1-2,5-6,12,16,21,29H,3-4,7-11,13-15H2. The Kier molecular flexibility index (Phi) is 5.34. The maximum absolute atomic E-state index is 13.6. The zero-order valence-corrected chi connectivity index (χ0v) is 17.5. The van der Waals surface area contributed by atoms with Gasteiger partial charge in [0.2, 0.25) is 0 Å². The minimum Gasteiger partial charge on any atom is -0.472 e. The van der Waals surface area contributed by atoms with Crippen LogP contribution in [-0.2, 0) is 6.54 Å². The lowest BCUT2D eigenvalue weighted by atomic mass is 9.95. The number of alkyl halides is 2. The molecule has 1 N–H and O–H groups in total. The second kappa shape index (κ2) is 8.02. The van der Waals surface area contributed by atoms with Crippen LogP contribution in [0.15, 0.2) is 30.3 Å². The fourth-order valence-corrected chi connectivity index (χ4v) is 5.38. The lowest BCUT2D eigenvalue weighted by Gasteiger charge is -2.37. The van der Waals surface area contributed by atoms with Crippen LogP contribution in [0.2, 0.25) is 0 Å². The number of carbonyl (C=O) groups excluding carboxylic acids is 1. The second-order valence-electron chi connectivity index (χ2n) is 9.08. The smallest absolute Gasteiger partial charge is 0.260 e. The van der Waals surface area contributed by atoms with Gasteiger partial charge in [0.25, 0.3) is 11.8 Å². The highest BCUT2D eigenvalue weighted by Gasteiger charge is 2.39. The first-order chi connectivity index (χ1) is 15.0. The second-order valence-corrected chi connectivity index (χ2v) is 9.08. The molecule has 2 fully saturated rings. The Hall–Kier alpha value is -2.25. The van der Waals surface area contributed by atoms with E-state index in [-0.39, 0.29) is 44.0 Å². The Morgan fingerprint density at radius 2 is 1.87 bits per heavy atom. The van der Waals surface area contributed by atoms with Gasteiger partial charge in [0.1, 0.15) is 5.75 Å². The van der Waals surface area contributed by atoms with E-state index in [2.05, 4.69) is 0 Å². The van der Waals surface area contributed by atoms with Crippen LogP contribution in [0.5, 0.6) is 5.75 Å². The molecule has 2 heterocycles. The predicted molar refractivity (Wildman–Crippen MR) is 113 cm³/mol. The summed E-state index contributed by atoms with van der Waals surface area (Å²) in [6.07, 6.45) is 2.53. The van der Waals surface area contributed by atoms with Crippen molar-refractivity contribution in [3.05, 3.63) is 41.5 Å². The molecular weight excluding hydrogens is 402 g/mol. The summed E-state index contributed by atoms with van der Waals surface area (Å²) in [7, 11) is 0. The topological polar surface area (TPSA) is 53.0 Å². The number of fused-ring (bicyclic) bond motifs is 3. The Labute approximate surface area is 180 Å². The fraction of sp³-hybridized carbons (Fsp3) is 0.542. The number of halogens is 2. The van der Waals surface area contributed by atoms with Gasteiger partial charge in [0.05, 0.1) is 5.56 Å². The summed E-state index contributed by atoms with van der Waals surface area (Å²) in [5, 5.41) is 11.6. The molecule has 0 aromatic heterocycles. The number of likely N-dealkylation sites (tertiary alicyclic amines) is 1. The Morgan fingerprint density at radius 1 is 1.13 bits per heavy atom. The molecule has 2 unspecified atom stereocenters. The van der Waals surface area contributed by atoms with Gasteiger partial charge in [-0.2, -0.15) is 0 Å². The third-order valence-electron chi connectivity index (χ3n) is 7.16. The Balaban J connectivity index is 1.48. The van der Waals surface area contributed by atoms with Crippen LogP contribution in [0.3, 0.4) is 0 Å². The maximum atomic E-state index is 13.6. The molecule has 2 atom stereocenters. The van der Waals surface area contributed by atoms with Crippen molar-refractivity contribution in [2.75, 3.05) is 26.4 Å². The number of rotatable bonds is 4. The molecule has 0 bridgehead atoms. The molecule has 1 saturated carbocycles. The molecular formula is C24H28F2N2O3. The van der Waals surface area contributed by atoms with Crippen LogP contribution in [0.1, 0.15) is 48.0 Å². The van der Waals surface area contributed by atoms with Crippen molar-refractivity contribution < 1.29 is 23.4 Å². The molecule has 31 heavy (non-hydrogen) atoms.